The van der Waals surface area contributed by atoms with E-state index in [1.807, 2.05) is 7.05 Å². The van der Waals surface area contributed by atoms with Gasteiger partial charge >= 0.3 is 0 Å². The SMILES string of the molecule is CCCC(C)CC(NC)c1cccc(Cl)c1F. The fourth-order valence-corrected chi connectivity index (χ4v) is 2.38. The molecule has 0 amide bonds. The van der Waals surface area contributed by atoms with E-state index in [4.69, 9.17) is 11.6 Å². The van der Waals surface area contributed by atoms with Crippen LogP contribution in [0.25, 0.3) is 0 Å². The molecule has 17 heavy (non-hydrogen) atoms. The number of nitrogens with one attached hydrogen (secondary N) is 1. The van der Waals surface area contributed by atoms with Gasteiger partial charge in [0, 0.05) is 11.6 Å². The van der Waals surface area contributed by atoms with Gasteiger partial charge in [-0.3, -0.25) is 0 Å². The van der Waals surface area contributed by atoms with Crippen LogP contribution >= 0.6 is 11.6 Å². The fraction of sp³-hybridized carbons (Fsp3) is 0.571. The maximum absolute atomic E-state index is 13.9. The first-order valence-corrected chi connectivity index (χ1v) is 6.59. The maximum Gasteiger partial charge on any atom is 0.146 e. The van der Waals surface area contributed by atoms with Gasteiger partial charge in [-0.05, 0) is 25.5 Å². The van der Waals surface area contributed by atoms with E-state index in [1.165, 1.54) is 6.42 Å². The van der Waals surface area contributed by atoms with E-state index in [0.717, 1.165) is 12.8 Å². The third-order valence-corrected chi connectivity index (χ3v) is 3.42. The zero-order chi connectivity index (χ0) is 12.8. The van der Waals surface area contributed by atoms with Crippen molar-refractivity contribution in [3.8, 4) is 0 Å². The summed E-state index contributed by atoms with van der Waals surface area (Å²) in [6, 6.07) is 5.23. The minimum absolute atomic E-state index is 0.0373. The third-order valence-electron chi connectivity index (χ3n) is 3.12. The van der Waals surface area contributed by atoms with Crippen LogP contribution in [0.5, 0.6) is 0 Å². The van der Waals surface area contributed by atoms with Crippen molar-refractivity contribution in [2.24, 2.45) is 5.92 Å². The Morgan fingerprint density at radius 1 is 1.41 bits per heavy atom. The van der Waals surface area contributed by atoms with Crippen molar-refractivity contribution in [2.45, 2.75) is 39.2 Å². The molecular formula is C14H21ClFN. The van der Waals surface area contributed by atoms with Crippen LogP contribution in [0.4, 0.5) is 4.39 Å². The van der Waals surface area contributed by atoms with Gasteiger partial charge in [-0.2, -0.15) is 0 Å². The predicted octanol–water partition coefficient (Wildman–Crippen LogP) is 4.57. The second kappa shape index (κ2) is 6.97. The highest BCUT2D eigenvalue weighted by atomic mass is 35.5. The molecule has 1 nitrogen and oxygen atoms in total. The summed E-state index contributed by atoms with van der Waals surface area (Å²) in [5, 5.41) is 3.38. The first kappa shape index (κ1) is 14.5. The smallest absolute Gasteiger partial charge is 0.146 e. The van der Waals surface area contributed by atoms with Crippen molar-refractivity contribution < 1.29 is 4.39 Å². The number of hydrogen-bond donors (Lipinski definition) is 1. The van der Waals surface area contributed by atoms with Crippen molar-refractivity contribution in [3.63, 3.8) is 0 Å². The van der Waals surface area contributed by atoms with E-state index in [1.54, 1.807) is 18.2 Å². The number of halogens is 2. The zero-order valence-corrected chi connectivity index (χ0v) is 11.5. The molecule has 2 atom stereocenters. The van der Waals surface area contributed by atoms with E-state index in [9.17, 15) is 4.39 Å². The molecule has 0 saturated heterocycles. The van der Waals surface area contributed by atoms with Crippen LogP contribution in [-0.4, -0.2) is 7.05 Å². The lowest BCUT2D eigenvalue weighted by Gasteiger charge is -2.21. The molecule has 2 unspecified atom stereocenters. The molecule has 1 aromatic carbocycles. The van der Waals surface area contributed by atoms with Gasteiger partial charge in [0.25, 0.3) is 0 Å². The average molecular weight is 258 g/mol. The summed E-state index contributed by atoms with van der Waals surface area (Å²) < 4.78 is 13.9. The Morgan fingerprint density at radius 3 is 2.71 bits per heavy atom. The highest BCUT2D eigenvalue weighted by molar-refractivity contribution is 6.30. The highest BCUT2D eigenvalue weighted by Gasteiger charge is 2.18. The average Bonchev–Trinajstić information content (AvgIpc) is 2.30. The van der Waals surface area contributed by atoms with Crippen LogP contribution in [0.2, 0.25) is 5.02 Å². The molecule has 1 N–H and O–H groups in total. The van der Waals surface area contributed by atoms with Crippen LogP contribution in [-0.2, 0) is 0 Å². The van der Waals surface area contributed by atoms with Gasteiger partial charge in [-0.1, -0.05) is 50.4 Å². The predicted molar refractivity (Wildman–Crippen MR) is 71.9 cm³/mol. The fourth-order valence-electron chi connectivity index (χ4n) is 2.20. The van der Waals surface area contributed by atoms with Crippen LogP contribution in [0.1, 0.15) is 44.7 Å². The van der Waals surface area contributed by atoms with Crippen LogP contribution in [0.15, 0.2) is 18.2 Å². The quantitative estimate of drug-likeness (QED) is 0.787. The van der Waals surface area contributed by atoms with E-state index in [2.05, 4.69) is 19.2 Å². The Bertz CT molecular complexity index is 354. The van der Waals surface area contributed by atoms with Crippen molar-refractivity contribution >= 4 is 11.6 Å². The van der Waals surface area contributed by atoms with Gasteiger partial charge < -0.3 is 5.32 Å². The Balaban J connectivity index is 2.82. The minimum Gasteiger partial charge on any atom is -0.313 e. The first-order valence-electron chi connectivity index (χ1n) is 6.21. The Labute approximate surface area is 108 Å². The molecule has 0 aliphatic heterocycles. The summed E-state index contributed by atoms with van der Waals surface area (Å²) in [6.45, 7) is 4.38. The van der Waals surface area contributed by atoms with Gasteiger partial charge in [-0.25, -0.2) is 4.39 Å². The van der Waals surface area contributed by atoms with Crippen molar-refractivity contribution in [2.75, 3.05) is 7.05 Å². The summed E-state index contributed by atoms with van der Waals surface area (Å²) in [4.78, 5) is 0. The molecule has 0 aliphatic carbocycles. The number of benzene rings is 1. The largest absolute Gasteiger partial charge is 0.313 e. The van der Waals surface area contributed by atoms with Gasteiger partial charge in [0.15, 0.2) is 0 Å². The topological polar surface area (TPSA) is 12.0 Å². The second-order valence-electron chi connectivity index (χ2n) is 4.61. The summed E-state index contributed by atoms with van der Waals surface area (Å²) in [5.74, 6) is 0.285. The maximum atomic E-state index is 13.9. The summed E-state index contributed by atoms with van der Waals surface area (Å²) in [7, 11) is 1.86. The highest BCUT2D eigenvalue weighted by Crippen LogP contribution is 2.28. The molecule has 1 aromatic rings. The summed E-state index contributed by atoms with van der Waals surface area (Å²) in [5.41, 5.74) is 0.669. The standard InChI is InChI=1S/C14H21ClFN/c1-4-6-10(2)9-13(17-3)11-7-5-8-12(15)14(11)16/h5,7-8,10,13,17H,4,6,9H2,1-3H3. The normalized spacial score (nSPS) is 14.6. The lowest BCUT2D eigenvalue weighted by Crippen LogP contribution is -2.20. The second-order valence-corrected chi connectivity index (χ2v) is 5.02. The van der Waals surface area contributed by atoms with E-state index in [0.29, 0.717) is 11.5 Å². The molecular weight excluding hydrogens is 237 g/mol. The Kier molecular flexibility index (Phi) is 5.93. The molecule has 1 rings (SSSR count). The first-order chi connectivity index (χ1) is 8.10. The van der Waals surface area contributed by atoms with Gasteiger partial charge in [0.05, 0.1) is 5.02 Å². The van der Waals surface area contributed by atoms with Crippen molar-refractivity contribution in [3.05, 3.63) is 34.6 Å². The van der Waals surface area contributed by atoms with Crippen molar-refractivity contribution in [1.29, 1.82) is 0 Å². The molecule has 0 spiro atoms. The van der Waals surface area contributed by atoms with Gasteiger partial charge in [-0.15, -0.1) is 0 Å². The Hall–Kier alpha value is -0.600. The molecule has 0 aliphatic rings. The lowest BCUT2D eigenvalue weighted by atomic mass is 9.93. The molecule has 0 bridgehead atoms. The van der Waals surface area contributed by atoms with Crippen LogP contribution in [0.3, 0.4) is 0 Å². The number of hydrogen-bond acceptors (Lipinski definition) is 1. The summed E-state index contributed by atoms with van der Waals surface area (Å²) >= 11 is 5.81. The third kappa shape index (κ3) is 3.97. The number of rotatable bonds is 6. The molecule has 3 heteroatoms. The van der Waals surface area contributed by atoms with Gasteiger partial charge in [0.1, 0.15) is 5.82 Å². The molecule has 0 saturated carbocycles. The van der Waals surface area contributed by atoms with Crippen molar-refractivity contribution in [1.82, 2.24) is 5.32 Å². The lowest BCUT2D eigenvalue weighted by molar-refractivity contribution is 0.397. The molecule has 0 fully saturated rings. The van der Waals surface area contributed by atoms with Crippen LogP contribution in [0, 0.1) is 11.7 Å². The monoisotopic (exact) mass is 257 g/mol. The van der Waals surface area contributed by atoms with E-state index < -0.39 is 0 Å². The summed E-state index contributed by atoms with van der Waals surface area (Å²) in [6.07, 6.45) is 3.26. The zero-order valence-electron chi connectivity index (χ0n) is 10.8. The van der Waals surface area contributed by atoms with Gasteiger partial charge in [0.2, 0.25) is 0 Å². The van der Waals surface area contributed by atoms with Crippen LogP contribution < -0.4 is 5.32 Å². The van der Waals surface area contributed by atoms with E-state index in [-0.39, 0.29) is 16.9 Å². The molecule has 0 aromatic heterocycles. The molecule has 0 radical (unpaired) electrons. The molecule has 0 heterocycles. The minimum atomic E-state index is -0.294. The van der Waals surface area contributed by atoms with E-state index >= 15 is 0 Å². The Morgan fingerprint density at radius 2 is 2.12 bits per heavy atom. The molecule has 96 valence electrons.